The van der Waals surface area contributed by atoms with Crippen molar-refractivity contribution in [3.63, 3.8) is 0 Å². The number of aromatic nitrogens is 1. The second-order valence-electron chi connectivity index (χ2n) is 5.94. The van der Waals surface area contributed by atoms with Gasteiger partial charge in [0.2, 0.25) is 0 Å². The normalized spacial score (nSPS) is 18.3. The lowest BCUT2D eigenvalue weighted by Crippen LogP contribution is -2.55. The van der Waals surface area contributed by atoms with Crippen LogP contribution in [0.25, 0.3) is 0 Å². The maximum Gasteiger partial charge on any atom is 0.403 e. The number of urea groups is 1. The van der Waals surface area contributed by atoms with Gasteiger partial charge < -0.3 is 9.42 Å². The first-order valence-electron chi connectivity index (χ1n) is 7.51. The monoisotopic (exact) mass is 334 g/mol. The molecule has 0 aliphatic carbocycles. The molecule has 1 N–H and O–H groups in total. The number of nitrogens with zero attached hydrogens (tertiary/aromatic N) is 3. The van der Waals surface area contributed by atoms with Crippen molar-refractivity contribution in [3.8, 4) is 0 Å². The molecule has 2 rings (SSSR count). The van der Waals surface area contributed by atoms with Crippen molar-refractivity contribution >= 4 is 11.8 Å². The number of hydrogen-bond acceptors (Lipinski definition) is 4. The first kappa shape index (κ1) is 17.6. The summed E-state index contributed by atoms with van der Waals surface area (Å²) in [7, 11) is 0. The number of carbonyl (C=O) groups excluding carboxylic acids is 1. The van der Waals surface area contributed by atoms with Crippen molar-refractivity contribution < 1.29 is 22.5 Å². The summed E-state index contributed by atoms with van der Waals surface area (Å²) in [6, 6.07) is -0.241. The summed E-state index contributed by atoms with van der Waals surface area (Å²) in [5.41, 5.74) is 0. The zero-order chi connectivity index (χ0) is 17.2. The van der Waals surface area contributed by atoms with E-state index in [9.17, 15) is 18.0 Å². The van der Waals surface area contributed by atoms with Gasteiger partial charge in [0.05, 0.1) is 0 Å². The fourth-order valence-electron chi connectivity index (χ4n) is 2.33. The van der Waals surface area contributed by atoms with E-state index in [1.807, 2.05) is 13.8 Å². The molecule has 2 amide bonds. The molecule has 1 atom stereocenters. The molecule has 2 heterocycles. The average Bonchev–Trinajstić information content (AvgIpc) is 2.94. The third-order valence-electron chi connectivity index (χ3n) is 3.96. The first-order chi connectivity index (χ1) is 10.7. The minimum absolute atomic E-state index is 0.153. The molecule has 1 saturated heterocycles. The van der Waals surface area contributed by atoms with E-state index in [0.29, 0.717) is 11.6 Å². The van der Waals surface area contributed by atoms with E-state index < -0.39 is 12.2 Å². The number of amides is 2. The Kier molecular flexibility index (Phi) is 5.18. The van der Waals surface area contributed by atoms with Crippen molar-refractivity contribution in [2.24, 2.45) is 0 Å². The Morgan fingerprint density at radius 3 is 2.35 bits per heavy atom. The van der Waals surface area contributed by atoms with Crippen LogP contribution in [0.4, 0.5) is 23.8 Å². The highest BCUT2D eigenvalue weighted by molar-refractivity contribution is 5.88. The van der Waals surface area contributed by atoms with Gasteiger partial charge >= 0.3 is 12.2 Å². The van der Waals surface area contributed by atoms with Gasteiger partial charge in [-0.05, 0) is 6.92 Å². The standard InChI is InChI=1S/C14H21F3N4O2/c1-9(2)11-8-12(19-23-11)18-13(22)21-6-4-20(5-7-21)10(3)14(15,16)17/h8-10H,4-7H2,1-3H3,(H,18,19,22). The molecule has 1 fully saturated rings. The number of rotatable bonds is 3. The average molecular weight is 334 g/mol. The van der Waals surface area contributed by atoms with Gasteiger partial charge in [-0.2, -0.15) is 13.2 Å². The van der Waals surface area contributed by atoms with Gasteiger partial charge in [-0.1, -0.05) is 19.0 Å². The summed E-state index contributed by atoms with van der Waals surface area (Å²) in [5, 5.41) is 6.36. The number of hydrogen-bond donors (Lipinski definition) is 1. The van der Waals surface area contributed by atoms with Gasteiger partial charge in [0, 0.05) is 38.2 Å². The summed E-state index contributed by atoms with van der Waals surface area (Å²) < 4.78 is 43.2. The van der Waals surface area contributed by atoms with E-state index >= 15 is 0 Å². The van der Waals surface area contributed by atoms with Gasteiger partial charge in [0.15, 0.2) is 5.82 Å². The van der Waals surface area contributed by atoms with E-state index in [-0.39, 0.29) is 38.1 Å². The lowest BCUT2D eigenvalue weighted by Gasteiger charge is -2.38. The number of carbonyl (C=O) groups is 1. The third kappa shape index (κ3) is 4.37. The predicted octanol–water partition coefficient (Wildman–Crippen LogP) is 2.90. The van der Waals surface area contributed by atoms with Crippen molar-refractivity contribution in [1.29, 1.82) is 0 Å². The van der Waals surface area contributed by atoms with E-state index in [4.69, 9.17) is 4.52 Å². The van der Waals surface area contributed by atoms with Gasteiger partial charge in [-0.15, -0.1) is 0 Å². The van der Waals surface area contributed by atoms with Crippen molar-refractivity contribution in [2.75, 3.05) is 31.5 Å². The highest BCUT2D eigenvalue weighted by Gasteiger charge is 2.41. The Labute approximate surface area is 132 Å². The van der Waals surface area contributed by atoms with E-state index in [2.05, 4.69) is 10.5 Å². The summed E-state index contributed by atoms with van der Waals surface area (Å²) in [5.74, 6) is 1.12. The number of anilines is 1. The van der Waals surface area contributed by atoms with Crippen LogP contribution in [0.5, 0.6) is 0 Å². The summed E-state index contributed by atoms with van der Waals surface area (Å²) >= 11 is 0. The smallest absolute Gasteiger partial charge is 0.359 e. The number of nitrogens with one attached hydrogen (secondary N) is 1. The maximum absolute atomic E-state index is 12.7. The molecule has 0 saturated carbocycles. The fourth-order valence-corrected chi connectivity index (χ4v) is 2.33. The second-order valence-corrected chi connectivity index (χ2v) is 5.94. The molecule has 9 heteroatoms. The summed E-state index contributed by atoms with van der Waals surface area (Å²) in [6.07, 6.45) is -4.25. The molecule has 0 radical (unpaired) electrons. The Bertz CT molecular complexity index is 536. The third-order valence-corrected chi connectivity index (χ3v) is 3.96. The van der Waals surface area contributed by atoms with Gasteiger partial charge in [0.1, 0.15) is 11.8 Å². The summed E-state index contributed by atoms with van der Waals surface area (Å²) in [6.45, 7) is 5.86. The van der Waals surface area contributed by atoms with E-state index in [0.717, 1.165) is 6.92 Å². The molecule has 1 aromatic heterocycles. The van der Waals surface area contributed by atoms with Crippen molar-refractivity contribution in [2.45, 2.75) is 38.9 Å². The lowest BCUT2D eigenvalue weighted by molar-refractivity contribution is -0.181. The van der Waals surface area contributed by atoms with Crippen LogP contribution in [0, 0.1) is 0 Å². The minimum Gasteiger partial charge on any atom is -0.359 e. The van der Waals surface area contributed by atoms with Crippen LogP contribution in [0.15, 0.2) is 10.6 Å². The molecule has 23 heavy (non-hydrogen) atoms. The Balaban J connectivity index is 1.86. The van der Waals surface area contributed by atoms with Gasteiger partial charge in [-0.3, -0.25) is 10.2 Å². The number of halogens is 3. The lowest BCUT2D eigenvalue weighted by atomic mass is 10.2. The Morgan fingerprint density at radius 2 is 1.87 bits per heavy atom. The largest absolute Gasteiger partial charge is 0.403 e. The number of piperazine rings is 1. The van der Waals surface area contributed by atoms with Crippen LogP contribution in [-0.4, -0.2) is 59.4 Å². The molecule has 1 unspecified atom stereocenters. The quantitative estimate of drug-likeness (QED) is 0.923. The highest BCUT2D eigenvalue weighted by atomic mass is 19.4. The fraction of sp³-hybridized carbons (Fsp3) is 0.714. The Morgan fingerprint density at radius 1 is 1.26 bits per heavy atom. The van der Waals surface area contributed by atoms with Crippen LogP contribution in [-0.2, 0) is 0 Å². The van der Waals surface area contributed by atoms with Crippen molar-refractivity contribution in [3.05, 3.63) is 11.8 Å². The second kappa shape index (κ2) is 6.77. The molecular formula is C14H21F3N4O2. The molecular weight excluding hydrogens is 313 g/mol. The molecule has 1 aromatic rings. The molecule has 1 aliphatic rings. The maximum atomic E-state index is 12.7. The van der Waals surface area contributed by atoms with Crippen LogP contribution in [0.3, 0.4) is 0 Å². The van der Waals surface area contributed by atoms with E-state index in [1.54, 1.807) is 6.07 Å². The van der Waals surface area contributed by atoms with Crippen LogP contribution >= 0.6 is 0 Å². The van der Waals surface area contributed by atoms with Crippen LogP contribution in [0.1, 0.15) is 32.4 Å². The minimum atomic E-state index is -4.25. The van der Waals surface area contributed by atoms with Gasteiger partial charge in [-0.25, -0.2) is 4.79 Å². The molecule has 0 spiro atoms. The SMILES string of the molecule is CC(C)c1cc(NC(=O)N2CCN(C(C)C(F)(F)F)CC2)no1. The summed E-state index contributed by atoms with van der Waals surface area (Å²) in [4.78, 5) is 14.9. The molecule has 1 aliphatic heterocycles. The molecule has 130 valence electrons. The highest BCUT2D eigenvalue weighted by Crippen LogP contribution is 2.25. The van der Waals surface area contributed by atoms with Gasteiger partial charge in [0.25, 0.3) is 0 Å². The Hall–Kier alpha value is -1.77. The molecule has 6 nitrogen and oxygen atoms in total. The van der Waals surface area contributed by atoms with Crippen LogP contribution < -0.4 is 5.32 Å². The first-order valence-corrected chi connectivity index (χ1v) is 7.51. The topological polar surface area (TPSA) is 61.6 Å². The van der Waals surface area contributed by atoms with Crippen molar-refractivity contribution in [1.82, 2.24) is 15.0 Å². The zero-order valence-electron chi connectivity index (χ0n) is 13.4. The van der Waals surface area contributed by atoms with E-state index in [1.165, 1.54) is 9.80 Å². The molecule has 0 bridgehead atoms. The molecule has 0 aromatic carbocycles. The number of alkyl halides is 3. The van der Waals surface area contributed by atoms with Crippen LogP contribution in [0.2, 0.25) is 0 Å². The zero-order valence-corrected chi connectivity index (χ0v) is 13.4. The predicted molar refractivity (Wildman–Crippen MR) is 78.3 cm³/mol.